The van der Waals surface area contributed by atoms with Gasteiger partial charge >= 0.3 is 0 Å². The van der Waals surface area contributed by atoms with Gasteiger partial charge in [-0.3, -0.25) is 4.79 Å². The van der Waals surface area contributed by atoms with Crippen LogP contribution in [0.2, 0.25) is 0 Å². The van der Waals surface area contributed by atoms with E-state index >= 15 is 0 Å². The van der Waals surface area contributed by atoms with Crippen molar-refractivity contribution in [1.82, 2.24) is 15.0 Å². The third-order valence-electron chi connectivity index (χ3n) is 4.35. The molecule has 1 amide bonds. The van der Waals surface area contributed by atoms with Crippen LogP contribution in [0.4, 0.5) is 5.69 Å². The first-order valence-corrected chi connectivity index (χ1v) is 9.03. The lowest BCUT2D eigenvalue weighted by Crippen LogP contribution is -2.27. The Labute approximate surface area is 159 Å². The molecule has 3 aromatic rings. The van der Waals surface area contributed by atoms with Crippen LogP contribution < -0.4 is 5.32 Å². The molecule has 0 fully saturated rings. The first-order valence-electron chi connectivity index (χ1n) is 9.03. The average molecular weight is 364 g/mol. The second-order valence-electron chi connectivity index (χ2n) is 6.46. The number of aryl methyl sites for hydroxylation is 1. The van der Waals surface area contributed by atoms with E-state index in [1.54, 1.807) is 11.8 Å². The van der Waals surface area contributed by atoms with E-state index in [0.29, 0.717) is 31.3 Å². The summed E-state index contributed by atoms with van der Waals surface area (Å²) in [4.78, 5) is 17.8. The van der Waals surface area contributed by atoms with Gasteiger partial charge in [-0.2, -0.15) is 4.98 Å². The molecular weight excluding hydrogens is 340 g/mol. The molecule has 27 heavy (non-hydrogen) atoms. The molecule has 0 unspecified atom stereocenters. The van der Waals surface area contributed by atoms with Gasteiger partial charge in [-0.1, -0.05) is 47.1 Å². The number of hydrogen-bond acceptors (Lipinski definition) is 5. The van der Waals surface area contributed by atoms with Crippen LogP contribution in [0, 0.1) is 6.92 Å². The van der Waals surface area contributed by atoms with E-state index < -0.39 is 0 Å². The third kappa shape index (κ3) is 4.94. The number of nitrogens with zero attached hydrogens (tertiary/aromatic N) is 3. The van der Waals surface area contributed by atoms with Gasteiger partial charge in [-0.05, 0) is 31.5 Å². The van der Waals surface area contributed by atoms with Gasteiger partial charge in [0.2, 0.25) is 17.6 Å². The molecule has 0 aliphatic carbocycles. The number of amides is 1. The fourth-order valence-electron chi connectivity index (χ4n) is 2.77. The molecule has 1 heterocycles. The molecule has 1 aromatic heterocycles. The predicted octanol–water partition coefficient (Wildman–Crippen LogP) is 4.03. The summed E-state index contributed by atoms with van der Waals surface area (Å²) >= 11 is 0. The number of hydrogen-bond donors (Lipinski definition) is 1. The van der Waals surface area contributed by atoms with Crippen LogP contribution in [-0.4, -0.2) is 27.5 Å². The summed E-state index contributed by atoms with van der Waals surface area (Å²) in [7, 11) is 0. The lowest BCUT2D eigenvalue weighted by Gasteiger charge is -2.19. The quantitative estimate of drug-likeness (QED) is 0.685. The highest BCUT2D eigenvalue weighted by Gasteiger charge is 2.09. The van der Waals surface area contributed by atoms with Crippen molar-refractivity contribution in [2.24, 2.45) is 0 Å². The number of carbonyl (C=O) groups excluding carboxylic acids is 1. The Morgan fingerprint density at radius 1 is 1.19 bits per heavy atom. The molecule has 3 rings (SSSR count). The van der Waals surface area contributed by atoms with E-state index in [0.717, 1.165) is 16.8 Å². The maximum atomic E-state index is 11.6. The topological polar surface area (TPSA) is 71.3 Å². The van der Waals surface area contributed by atoms with Crippen molar-refractivity contribution in [3.05, 3.63) is 65.5 Å². The summed E-state index contributed by atoms with van der Waals surface area (Å²) in [5.41, 5.74) is 4.14. The van der Waals surface area contributed by atoms with Crippen molar-refractivity contribution in [3.8, 4) is 11.4 Å². The Morgan fingerprint density at radius 2 is 1.96 bits per heavy atom. The standard InChI is InChI=1S/C21H24N4O2/c1-4-25(16(3)26)14-17-6-5-7-19(12-17)22-13-20-23-21(24-27-20)18-10-8-15(2)9-11-18/h5-12,22H,4,13-14H2,1-3H3. The highest BCUT2D eigenvalue weighted by molar-refractivity contribution is 5.73. The molecule has 0 atom stereocenters. The zero-order valence-corrected chi connectivity index (χ0v) is 15.9. The van der Waals surface area contributed by atoms with Crippen LogP contribution in [-0.2, 0) is 17.9 Å². The summed E-state index contributed by atoms with van der Waals surface area (Å²) in [6.45, 7) is 7.33. The molecule has 1 N–H and O–H groups in total. The smallest absolute Gasteiger partial charge is 0.246 e. The van der Waals surface area contributed by atoms with E-state index in [9.17, 15) is 4.79 Å². The van der Waals surface area contributed by atoms with Gasteiger partial charge in [0.25, 0.3) is 0 Å². The second kappa shape index (κ2) is 8.49. The number of benzene rings is 2. The molecule has 0 saturated carbocycles. The highest BCUT2D eigenvalue weighted by atomic mass is 16.5. The largest absolute Gasteiger partial charge is 0.376 e. The van der Waals surface area contributed by atoms with Gasteiger partial charge in [0, 0.05) is 31.3 Å². The second-order valence-corrected chi connectivity index (χ2v) is 6.46. The fraction of sp³-hybridized carbons (Fsp3) is 0.286. The molecular formula is C21H24N4O2. The van der Waals surface area contributed by atoms with Gasteiger partial charge in [0.15, 0.2) is 0 Å². The molecule has 0 aliphatic rings. The Hall–Kier alpha value is -3.15. The molecule has 0 spiro atoms. The minimum Gasteiger partial charge on any atom is -0.376 e. The number of carbonyl (C=O) groups is 1. The molecule has 0 bridgehead atoms. The fourth-order valence-corrected chi connectivity index (χ4v) is 2.77. The monoisotopic (exact) mass is 364 g/mol. The van der Waals surface area contributed by atoms with E-state index in [-0.39, 0.29) is 5.91 Å². The van der Waals surface area contributed by atoms with E-state index in [2.05, 4.69) is 15.5 Å². The highest BCUT2D eigenvalue weighted by Crippen LogP contribution is 2.18. The van der Waals surface area contributed by atoms with Crippen molar-refractivity contribution in [3.63, 3.8) is 0 Å². The third-order valence-corrected chi connectivity index (χ3v) is 4.35. The van der Waals surface area contributed by atoms with Crippen LogP contribution in [0.3, 0.4) is 0 Å². The van der Waals surface area contributed by atoms with Crippen LogP contribution >= 0.6 is 0 Å². The number of anilines is 1. The number of nitrogens with one attached hydrogen (secondary N) is 1. The van der Waals surface area contributed by atoms with Crippen molar-refractivity contribution in [2.45, 2.75) is 33.9 Å². The van der Waals surface area contributed by atoms with Gasteiger partial charge in [0.1, 0.15) is 0 Å². The first kappa shape index (κ1) is 18.6. The van der Waals surface area contributed by atoms with Gasteiger partial charge < -0.3 is 14.7 Å². The lowest BCUT2D eigenvalue weighted by molar-refractivity contribution is -0.129. The predicted molar refractivity (Wildman–Crippen MR) is 105 cm³/mol. The van der Waals surface area contributed by atoms with Crippen molar-refractivity contribution in [2.75, 3.05) is 11.9 Å². The van der Waals surface area contributed by atoms with E-state index in [1.807, 2.05) is 62.4 Å². The minimum atomic E-state index is 0.0744. The minimum absolute atomic E-state index is 0.0744. The average Bonchev–Trinajstić information content (AvgIpc) is 3.14. The van der Waals surface area contributed by atoms with Crippen LogP contribution in [0.15, 0.2) is 53.1 Å². The van der Waals surface area contributed by atoms with Crippen LogP contribution in [0.1, 0.15) is 30.9 Å². The van der Waals surface area contributed by atoms with Crippen molar-refractivity contribution >= 4 is 11.6 Å². The molecule has 0 radical (unpaired) electrons. The van der Waals surface area contributed by atoms with Crippen LogP contribution in [0.25, 0.3) is 11.4 Å². The number of rotatable bonds is 7. The molecule has 2 aromatic carbocycles. The zero-order chi connectivity index (χ0) is 19.2. The van der Waals surface area contributed by atoms with E-state index in [4.69, 9.17) is 4.52 Å². The summed E-state index contributed by atoms with van der Waals surface area (Å²) < 4.78 is 5.34. The Morgan fingerprint density at radius 3 is 2.67 bits per heavy atom. The zero-order valence-electron chi connectivity index (χ0n) is 15.9. The number of aromatic nitrogens is 2. The SMILES string of the molecule is CCN(Cc1cccc(NCc2nc(-c3ccc(C)cc3)no2)c1)C(C)=O. The maximum Gasteiger partial charge on any atom is 0.246 e. The summed E-state index contributed by atoms with van der Waals surface area (Å²) in [6, 6.07) is 16.0. The summed E-state index contributed by atoms with van der Waals surface area (Å²) in [5, 5.41) is 7.34. The van der Waals surface area contributed by atoms with Gasteiger partial charge in [0.05, 0.1) is 6.54 Å². The normalized spacial score (nSPS) is 10.6. The molecule has 0 saturated heterocycles. The molecule has 6 nitrogen and oxygen atoms in total. The van der Waals surface area contributed by atoms with E-state index in [1.165, 1.54) is 5.56 Å². The van der Waals surface area contributed by atoms with Gasteiger partial charge in [-0.15, -0.1) is 0 Å². The Balaban J connectivity index is 1.63. The molecule has 0 aliphatic heterocycles. The van der Waals surface area contributed by atoms with Crippen LogP contribution in [0.5, 0.6) is 0 Å². The Kier molecular flexibility index (Phi) is 5.86. The lowest BCUT2D eigenvalue weighted by atomic mass is 10.1. The van der Waals surface area contributed by atoms with Crippen molar-refractivity contribution in [1.29, 1.82) is 0 Å². The maximum absolute atomic E-state index is 11.6. The van der Waals surface area contributed by atoms with Crippen molar-refractivity contribution < 1.29 is 9.32 Å². The molecule has 140 valence electrons. The summed E-state index contributed by atoms with van der Waals surface area (Å²) in [5.74, 6) is 1.18. The first-order chi connectivity index (χ1) is 13.0. The summed E-state index contributed by atoms with van der Waals surface area (Å²) in [6.07, 6.45) is 0. The van der Waals surface area contributed by atoms with Gasteiger partial charge in [-0.25, -0.2) is 0 Å². The molecule has 6 heteroatoms. The Bertz CT molecular complexity index is 903.